The summed E-state index contributed by atoms with van der Waals surface area (Å²) >= 11 is 0. The lowest BCUT2D eigenvalue weighted by Gasteiger charge is -2.25. The van der Waals surface area contributed by atoms with Crippen LogP contribution in [0.4, 0.5) is 14.5 Å². The molecule has 0 spiro atoms. The van der Waals surface area contributed by atoms with Crippen LogP contribution < -0.4 is 11.1 Å². The van der Waals surface area contributed by atoms with Crippen molar-refractivity contribution < 1.29 is 13.6 Å². The molecule has 3 nitrogen and oxygen atoms in total. The number of amides is 1. The van der Waals surface area contributed by atoms with Crippen molar-refractivity contribution in [2.45, 2.75) is 26.8 Å². The van der Waals surface area contributed by atoms with Gasteiger partial charge in [0.2, 0.25) is 5.91 Å². The molecule has 3 N–H and O–H groups in total. The van der Waals surface area contributed by atoms with Crippen LogP contribution in [0.15, 0.2) is 18.2 Å². The number of nitrogens with one attached hydrogen (secondary N) is 1. The average Bonchev–Trinajstić information content (AvgIpc) is 2.21. The van der Waals surface area contributed by atoms with Gasteiger partial charge in [0.1, 0.15) is 0 Å². The van der Waals surface area contributed by atoms with Gasteiger partial charge in [-0.3, -0.25) is 4.79 Å². The standard InChI is InChI=1S/C12H16F2N2O/c1-12(2,3)10(15)11(17)16-7-4-5-8(13)9(14)6-7/h4-6,10H,15H2,1-3H3,(H,16,17)/t10-/m1/s1. The smallest absolute Gasteiger partial charge is 0.241 e. The highest BCUT2D eigenvalue weighted by molar-refractivity contribution is 5.95. The molecule has 1 amide bonds. The summed E-state index contributed by atoms with van der Waals surface area (Å²) in [5.74, 6) is -2.39. The van der Waals surface area contributed by atoms with E-state index in [4.69, 9.17) is 5.73 Å². The Balaban J connectivity index is 2.78. The van der Waals surface area contributed by atoms with E-state index in [0.29, 0.717) is 0 Å². The van der Waals surface area contributed by atoms with Crippen LogP contribution in [0.3, 0.4) is 0 Å². The molecule has 0 aliphatic rings. The molecule has 94 valence electrons. The van der Waals surface area contributed by atoms with Gasteiger partial charge in [-0.2, -0.15) is 0 Å². The highest BCUT2D eigenvalue weighted by atomic mass is 19.2. The van der Waals surface area contributed by atoms with Crippen LogP contribution >= 0.6 is 0 Å². The number of benzene rings is 1. The molecule has 0 radical (unpaired) electrons. The Bertz CT molecular complexity index is 427. The summed E-state index contributed by atoms with van der Waals surface area (Å²) in [6.45, 7) is 5.47. The molecule has 1 aromatic carbocycles. The van der Waals surface area contributed by atoms with E-state index in [1.54, 1.807) is 0 Å². The highest BCUT2D eigenvalue weighted by Gasteiger charge is 2.27. The van der Waals surface area contributed by atoms with Crippen molar-refractivity contribution in [2.75, 3.05) is 5.32 Å². The van der Waals surface area contributed by atoms with Crippen LogP contribution in [0.2, 0.25) is 0 Å². The first-order chi connectivity index (χ1) is 7.71. The van der Waals surface area contributed by atoms with Crippen molar-refractivity contribution in [3.05, 3.63) is 29.8 Å². The Kier molecular flexibility index (Phi) is 3.83. The summed E-state index contributed by atoms with van der Waals surface area (Å²) in [5.41, 5.74) is 5.52. The van der Waals surface area contributed by atoms with E-state index >= 15 is 0 Å². The summed E-state index contributed by atoms with van der Waals surface area (Å²) in [6.07, 6.45) is 0. The monoisotopic (exact) mass is 242 g/mol. The molecule has 0 aliphatic heterocycles. The van der Waals surface area contributed by atoms with E-state index in [0.717, 1.165) is 12.1 Å². The zero-order chi connectivity index (χ0) is 13.2. The average molecular weight is 242 g/mol. The minimum Gasteiger partial charge on any atom is -0.325 e. The summed E-state index contributed by atoms with van der Waals surface area (Å²) in [7, 11) is 0. The lowest BCUT2D eigenvalue weighted by Crippen LogP contribution is -2.45. The van der Waals surface area contributed by atoms with Gasteiger partial charge in [-0.1, -0.05) is 20.8 Å². The van der Waals surface area contributed by atoms with Crippen LogP contribution in [-0.2, 0) is 4.79 Å². The number of carbonyl (C=O) groups is 1. The second-order valence-electron chi connectivity index (χ2n) is 4.96. The van der Waals surface area contributed by atoms with Crippen molar-refractivity contribution >= 4 is 11.6 Å². The number of rotatable bonds is 2. The summed E-state index contributed by atoms with van der Waals surface area (Å²) in [5, 5.41) is 2.45. The Labute approximate surface area is 99.0 Å². The topological polar surface area (TPSA) is 55.1 Å². The van der Waals surface area contributed by atoms with Crippen LogP contribution in [0, 0.1) is 17.0 Å². The van der Waals surface area contributed by atoms with Gasteiger partial charge in [-0.15, -0.1) is 0 Å². The van der Waals surface area contributed by atoms with E-state index in [1.165, 1.54) is 6.07 Å². The third-order valence-electron chi connectivity index (χ3n) is 2.40. The van der Waals surface area contributed by atoms with E-state index in [-0.39, 0.29) is 5.69 Å². The number of anilines is 1. The zero-order valence-corrected chi connectivity index (χ0v) is 10.1. The SMILES string of the molecule is CC(C)(C)[C@H](N)C(=O)Nc1ccc(F)c(F)c1. The minimum atomic E-state index is -1.01. The molecular weight excluding hydrogens is 226 g/mol. The fourth-order valence-corrected chi connectivity index (χ4v) is 1.19. The molecule has 0 heterocycles. The van der Waals surface area contributed by atoms with Crippen molar-refractivity contribution in [3.8, 4) is 0 Å². The predicted molar refractivity (Wildman–Crippen MR) is 62.4 cm³/mol. The molecule has 0 saturated heterocycles. The number of nitrogens with two attached hydrogens (primary N) is 1. The van der Waals surface area contributed by atoms with Gasteiger partial charge in [0, 0.05) is 11.8 Å². The van der Waals surface area contributed by atoms with Crippen LogP contribution in [0.5, 0.6) is 0 Å². The van der Waals surface area contributed by atoms with Gasteiger partial charge in [0.15, 0.2) is 11.6 Å². The van der Waals surface area contributed by atoms with Gasteiger partial charge < -0.3 is 11.1 Å². The van der Waals surface area contributed by atoms with Crippen molar-refractivity contribution in [1.82, 2.24) is 0 Å². The first-order valence-electron chi connectivity index (χ1n) is 5.23. The highest BCUT2D eigenvalue weighted by Crippen LogP contribution is 2.19. The van der Waals surface area contributed by atoms with Crippen molar-refractivity contribution in [3.63, 3.8) is 0 Å². The largest absolute Gasteiger partial charge is 0.325 e. The quantitative estimate of drug-likeness (QED) is 0.835. The summed E-state index contributed by atoms with van der Waals surface area (Å²) in [4.78, 5) is 11.7. The van der Waals surface area contributed by atoms with Gasteiger partial charge in [-0.05, 0) is 17.5 Å². The molecule has 0 bridgehead atoms. The van der Waals surface area contributed by atoms with Gasteiger partial charge >= 0.3 is 0 Å². The third kappa shape index (κ3) is 3.49. The lowest BCUT2D eigenvalue weighted by atomic mass is 9.87. The molecule has 5 heteroatoms. The Morgan fingerprint density at radius 1 is 1.29 bits per heavy atom. The maximum Gasteiger partial charge on any atom is 0.241 e. The van der Waals surface area contributed by atoms with Gasteiger partial charge in [0.05, 0.1) is 6.04 Å². The number of hydrogen-bond donors (Lipinski definition) is 2. The Morgan fingerprint density at radius 3 is 2.35 bits per heavy atom. The summed E-state index contributed by atoms with van der Waals surface area (Å²) in [6, 6.07) is 2.43. The lowest BCUT2D eigenvalue weighted by molar-refractivity contribution is -0.119. The van der Waals surface area contributed by atoms with E-state index in [1.807, 2.05) is 20.8 Å². The van der Waals surface area contributed by atoms with E-state index < -0.39 is 29.0 Å². The first-order valence-corrected chi connectivity index (χ1v) is 5.23. The fraction of sp³-hybridized carbons (Fsp3) is 0.417. The normalized spacial score (nSPS) is 13.3. The second kappa shape index (κ2) is 4.79. The Hall–Kier alpha value is -1.49. The van der Waals surface area contributed by atoms with Crippen molar-refractivity contribution in [2.24, 2.45) is 11.1 Å². The van der Waals surface area contributed by atoms with Crippen LogP contribution in [0.1, 0.15) is 20.8 Å². The van der Waals surface area contributed by atoms with Crippen LogP contribution in [-0.4, -0.2) is 11.9 Å². The molecule has 1 atom stereocenters. The summed E-state index contributed by atoms with van der Waals surface area (Å²) < 4.78 is 25.6. The fourth-order valence-electron chi connectivity index (χ4n) is 1.19. The van der Waals surface area contributed by atoms with Crippen LogP contribution in [0.25, 0.3) is 0 Å². The van der Waals surface area contributed by atoms with Gasteiger partial charge in [-0.25, -0.2) is 8.78 Å². The van der Waals surface area contributed by atoms with Gasteiger partial charge in [0.25, 0.3) is 0 Å². The number of hydrogen-bond acceptors (Lipinski definition) is 2. The number of carbonyl (C=O) groups excluding carboxylic acids is 1. The first kappa shape index (κ1) is 13.6. The molecule has 0 aromatic heterocycles. The zero-order valence-electron chi connectivity index (χ0n) is 10.1. The van der Waals surface area contributed by atoms with Crippen molar-refractivity contribution in [1.29, 1.82) is 0 Å². The maximum absolute atomic E-state index is 12.9. The molecular formula is C12H16F2N2O. The van der Waals surface area contributed by atoms with E-state index in [9.17, 15) is 13.6 Å². The molecule has 1 aromatic rings. The molecule has 17 heavy (non-hydrogen) atoms. The molecule has 0 unspecified atom stereocenters. The predicted octanol–water partition coefficient (Wildman–Crippen LogP) is 2.28. The molecule has 0 aliphatic carbocycles. The minimum absolute atomic E-state index is 0.189. The Morgan fingerprint density at radius 2 is 1.88 bits per heavy atom. The number of halogens is 2. The second-order valence-corrected chi connectivity index (χ2v) is 4.96. The molecule has 0 saturated carbocycles. The molecule has 0 fully saturated rings. The third-order valence-corrected chi connectivity index (χ3v) is 2.40. The molecule has 1 rings (SSSR count). The maximum atomic E-state index is 12.9. The van der Waals surface area contributed by atoms with E-state index in [2.05, 4.69) is 5.32 Å².